The topological polar surface area (TPSA) is 66.5 Å². The predicted octanol–water partition coefficient (Wildman–Crippen LogP) is 2.69. The van der Waals surface area contributed by atoms with Gasteiger partial charge < -0.3 is 5.32 Å². The second-order valence-electron chi connectivity index (χ2n) is 5.73. The monoisotopic (exact) mass is 362 g/mol. The molecule has 1 aliphatic carbocycles. The lowest BCUT2D eigenvalue weighted by atomic mass is 10.2. The number of anilines is 1. The first-order chi connectivity index (χ1) is 10.8. The summed E-state index contributed by atoms with van der Waals surface area (Å²) in [6, 6.07) is 3.87. The molecule has 23 heavy (non-hydrogen) atoms. The quantitative estimate of drug-likeness (QED) is 0.846. The average Bonchev–Trinajstić information content (AvgIpc) is 2.94. The van der Waals surface area contributed by atoms with Gasteiger partial charge in [-0.3, -0.25) is 9.10 Å². The van der Waals surface area contributed by atoms with E-state index in [-0.39, 0.29) is 35.6 Å². The van der Waals surface area contributed by atoms with Crippen molar-refractivity contribution in [1.29, 1.82) is 0 Å². The second kappa shape index (κ2) is 7.49. The number of carbonyl (C=O) groups excluding carboxylic acids is 1. The number of rotatable bonds is 6. The molecule has 0 spiro atoms. The molecule has 1 aliphatic rings. The zero-order valence-electron chi connectivity index (χ0n) is 12.9. The SMILES string of the molecule is CS(=O)(=O)N(CCC(=O)NC1CCCC1)c1ccc(F)c(Cl)c1. The Bertz CT molecular complexity index is 675. The van der Waals surface area contributed by atoms with Crippen molar-refractivity contribution >= 4 is 33.2 Å². The number of benzene rings is 1. The molecule has 0 atom stereocenters. The molecule has 0 saturated heterocycles. The van der Waals surface area contributed by atoms with Crippen LogP contribution in [0.1, 0.15) is 32.1 Å². The van der Waals surface area contributed by atoms with Crippen molar-refractivity contribution in [2.75, 3.05) is 17.1 Å². The maximum atomic E-state index is 13.2. The van der Waals surface area contributed by atoms with Crippen molar-refractivity contribution in [3.8, 4) is 0 Å². The molecule has 2 rings (SSSR count). The van der Waals surface area contributed by atoms with Gasteiger partial charge in [-0.25, -0.2) is 12.8 Å². The molecule has 1 fully saturated rings. The Morgan fingerprint density at radius 2 is 2.04 bits per heavy atom. The average molecular weight is 363 g/mol. The standard InChI is InChI=1S/C15H20ClFN2O3S/c1-23(21,22)19(12-6-7-14(17)13(16)10-12)9-8-15(20)18-11-4-2-3-5-11/h6-7,10-11H,2-5,8-9H2,1H3,(H,18,20). The van der Waals surface area contributed by atoms with E-state index >= 15 is 0 Å². The lowest BCUT2D eigenvalue weighted by Crippen LogP contribution is -2.37. The van der Waals surface area contributed by atoms with Crippen molar-refractivity contribution in [2.45, 2.75) is 38.1 Å². The first kappa shape index (κ1) is 18.0. The van der Waals surface area contributed by atoms with Gasteiger partial charge in [-0.05, 0) is 31.0 Å². The molecular formula is C15H20ClFN2O3S. The fraction of sp³-hybridized carbons (Fsp3) is 0.533. The molecule has 1 amide bonds. The highest BCUT2D eigenvalue weighted by molar-refractivity contribution is 7.92. The first-order valence-corrected chi connectivity index (χ1v) is 9.72. The fourth-order valence-electron chi connectivity index (χ4n) is 2.70. The van der Waals surface area contributed by atoms with Crippen LogP contribution in [0.5, 0.6) is 0 Å². The highest BCUT2D eigenvalue weighted by atomic mass is 35.5. The fourth-order valence-corrected chi connectivity index (χ4v) is 3.79. The van der Waals surface area contributed by atoms with E-state index in [1.165, 1.54) is 12.1 Å². The summed E-state index contributed by atoms with van der Waals surface area (Å²) < 4.78 is 38.2. The second-order valence-corrected chi connectivity index (χ2v) is 8.05. The van der Waals surface area contributed by atoms with E-state index in [9.17, 15) is 17.6 Å². The molecule has 0 aromatic heterocycles. The summed E-state index contributed by atoms with van der Waals surface area (Å²) in [5, 5.41) is 2.75. The van der Waals surface area contributed by atoms with E-state index in [4.69, 9.17) is 11.6 Å². The minimum absolute atomic E-state index is 0.0145. The van der Waals surface area contributed by atoms with E-state index < -0.39 is 15.8 Å². The van der Waals surface area contributed by atoms with Crippen LogP contribution >= 0.6 is 11.6 Å². The van der Waals surface area contributed by atoms with Crippen molar-refractivity contribution in [2.24, 2.45) is 0 Å². The number of carbonyl (C=O) groups is 1. The van der Waals surface area contributed by atoms with Gasteiger partial charge in [0.05, 0.1) is 17.0 Å². The molecule has 0 radical (unpaired) electrons. The van der Waals surface area contributed by atoms with Gasteiger partial charge in [-0.1, -0.05) is 24.4 Å². The van der Waals surface area contributed by atoms with Gasteiger partial charge in [0.2, 0.25) is 15.9 Å². The summed E-state index contributed by atoms with van der Waals surface area (Å²) in [6.45, 7) is -0.0145. The molecule has 1 saturated carbocycles. The largest absolute Gasteiger partial charge is 0.353 e. The lowest BCUT2D eigenvalue weighted by Gasteiger charge is -2.23. The van der Waals surface area contributed by atoms with Gasteiger partial charge in [0, 0.05) is 19.0 Å². The number of amides is 1. The minimum atomic E-state index is -3.60. The van der Waals surface area contributed by atoms with Gasteiger partial charge >= 0.3 is 0 Å². The van der Waals surface area contributed by atoms with E-state index in [0.717, 1.165) is 42.3 Å². The number of nitrogens with one attached hydrogen (secondary N) is 1. The minimum Gasteiger partial charge on any atom is -0.353 e. The third kappa shape index (κ3) is 5.07. The van der Waals surface area contributed by atoms with Crippen LogP contribution in [-0.4, -0.2) is 33.2 Å². The van der Waals surface area contributed by atoms with E-state index in [1.807, 2.05) is 0 Å². The molecule has 128 valence electrons. The number of hydrogen-bond acceptors (Lipinski definition) is 3. The summed E-state index contributed by atoms with van der Waals surface area (Å²) in [5.41, 5.74) is 0.243. The van der Waals surface area contributed by atoms with Crippen LogP contribution in [0.25, 0.3) is 0 Å². The number of hydrogen-bond donors (Lipinski definition) is 1. The van der Waals surface area contributed by atoms with E-state index in [2.05, 4.69) is 5.32 Å². The van der Waals surface area contributed by atoms with Crippen LogP contribution in [0.3, 0.4) is 0 Å². The lowest BCUT2D eigenvalue weighted by molar-refractivity contribution is -0.121. The van der Waals surface area contributed by atoms with Crippen molar-refractivity contribution in [3.63, 3.8) is 0 Å². The van der Waals surface area contributed by atoms with Gasteiger partial charge in [-0.15, -0.1) is 0 Å². The predicted molar refractivity (Wildman–Crippen MR) is 88.6 cm³/mol. The Balaban J connectivity index is 2.04. The smallest absolute Gasteiger partial charge is 0.232 e. The molecule has 1 aromatic carbocycles. The van der Waals surface area contributed by atoms with Crippen LogP contribution in [0, 0.1) is 5.82 Å². The van der Waals surface area contributed by atoms with E-state index in [0.29, 0.717) is 0 Å². The molecule has 0 bridgehead atoms. The maximum Gasteiger partial charge on any atom is 0.232 e. The van der Waals surface area contributed by atoms with E-state index in [1.54, 1.807) is 0 Å². The zero-order valence-corrected chi connectivity index (χ0v) is 14.5. The van der Waals surface area contributed by atoms with Gasteiger partial charge in [-0.2, -0.15) is 0 Å². The third-order valence-electron chi connectivity index (χ3n) is 3.85. The maximum absolute atomic E-state index is 13.2. The number of sulfonamides is 1. The van der Waals surface area contributed by atoms with Crippen LogP contribution in [-0.2, 0) is 14.8 Å². The highest BCUT2D eigenvalue weighted by Crippen LogP contribution is 2.24. The molecule has 5 nitrogen and oxygen atoms in total. The molecule has 8 heteroatoms. The summed E-state index contributed by atoms with van der Waals surface area (Å²) in [5.74, 6) is -0.804. The Kier molecular flexibility index (Phi) is 5.86. The molecule has 0 unspecified atom stereocenters. The van der Waals surface area contributed by atoms with Crippen LogP contribution < -0.4 is 9.62 Å². The van der Waals surface area contributed by atoms with Gasteiger partial charge in [0.15, 0.2) is 0 Å². The Morgan fingerprint density at radius 3 is 2.61 bits per heavy atom. The third-order valence-corrected chi connectivity index (χ3v) is 5.34. The number of halogens is 2. The zero-order chi connectivity index (χ0) is 17.0. The summed E-state index contributed by atoms with van der Waals surface area (Å²) in [7, 11) is -3.60. The Morgan fingerprint density at radius 1 is 1.39 bits per heavy atom. The molecular weight excluding hydrogens is 343 g/mol. The highest BCUT2D eigenvalue weighted by Gasteiger charge is 2.21. The van der Waals surface area contributed by atoms with Crippen LogP contribution in [0.4, 0.5) is 10.1 Å². The van der Waals surface area contributed by atoms with Crippen LogP contribution in [0.2, 0.25) is 5.02 Å². The first-order valence-electron chi connectivity index (χ1n) is 7.49. The van der Waals surface area contributed by atoms with Crippen molar-refractivity contribution in [3.05, 3.63) is 29.0 Å². The van der Waals surface area contributed by atoms with Gasteiger partial charge in [0.25, 0.3) is 0 Å². The van der Waals surface area contributed by atoms with Crippen molar-refractivity contribution < 1.29 is 17.6 Å². The molecule has 1 aromatic rings. The molecule has 1 N–H and O–H groups in total. The van der Waals surface area contributed by atoms with Crippen molar-refractivity contribution in [1.82, 2.24) is 5.32 Å². The van der Waals surface area contributed by atoms with Gasteiger partial charge in [0.1, 0.15) is 5.82 Å². The number of nitrogens with zero attached hydrogens (tertiary/aromatic N) is 1. The molecule has 0 aliphatic heterocycles. The molecule has 0 heterocycles. The summed E-state index contributed by atoms with van der Waals surface area (Å²) in [6.07, 6.45) is 5.23. The summed E-state index contributed by atoms with van der Waals surface area (Å²) in [4.78, 5) is 12.0. The Hall–Kier alpha value is -1.34. The summed E-state index contributed by atoms with van der Waals surface area (Å²) >= 11 is 5.71. The normalized spacial score (nSPS) is 15.6. The van der Waals surface area contributed by atoms with Crippen LogP contribution in [0.15, 0.2) is 18.2 Å². The Labute approximate surface area is 140 Å².